The van der Waals surface area contributed by atoms with Crippen molar-refractivity contribution in [1.29, 1.82) is 0 Å². The lowest BCUT2D eigenvalue weighted by atomic mass is 10.1. The minimum absolute atomic E-state index is 0.00266. The van der Waals surface area contributed by atoms with Crippen LogP contribution in [-0.2, 0) is 14.6 Å². The van der Waals surface area contributed by atoms with Crippen molar-refractivity contribution >= 4 is 44.8 Å². The summed E-state index contributed by atoms with van der Waals surface area (Å²) in [5.41, 5.74) is 0.799. The van der Waals surface area contributed by atoms with Gasteiger partial charge in [0.05, 0.1) is 15.5 Å². The van der Waals surface area contributed by atoms with Crippen LogP contribution in [0.4, 0.5) is 0 Å². The van der Waals surface area contributed by atoms with Gasteiger partial charge in [0.2, 0.25) is 5.78 Å². The SMILES string of the molecule is Cc1ccc(S(C)(=O)=O)cc1C(=O)OCC(=O)c1ccc(Cl)cc1Cl. The molecule has 0 atom stereocenters. The maximum atomic E-state index is 12.2. The van der Waals surface area contributed by atoms with E-state index in [2.05, 4.69) is 0 Å². The zero-order valence-corrected chi connectivity index (χ0v) is 15.7. The number of carbonyl (C=O) groups is 2. The number of ketones is 1. The number of rotatable bonds is 5. The van der Waals surface area contributed by atoms with Gasteiger partial charge >= 0.3 is 5.97 Å². The Balaban J connectivity index is 2.16. The number of halogens is 2. The average Bonchev–Trinajstić information content (AvgIpc) is 2.51. The Hall–Kier alpha value is -1.89. The smallest absolute Gasteiger partial charge is 0.338 e. The monoisotopic (exact) mass is 400 g/mol. The highest BCUT2D eigenvalue weighted by Crippen LogP contribution is 2.22. The number of benzene rings is 2. The summed E-state index contributed by atoms with van der Waals surface area (Å²) < 4.78 is 28.2. The molecule has 0 amide bonds. The number of ether oxygens (including phenoxy) is 1. The van der Waals surface area contributed by atoms with Gasteiger partial charge in [-0.2, -0.15) is 0 Å². The van der Waals surface area contributed by atoms with E-state index in [0.29, 0.717) is 10.6 Å². The third kappa shape index (κ3) is 4.81. The molecule has 2 aromatic carbocycles. The van der Waals surface area contributed by atoms with Gasteiger partial charge in [-0.25, -0.2) is 13.2 Å². The second-order valence-corrected chi connectivity index (χ2v) is 8.23. The largest absolute Gasteiger partial charge is 0.454 e. The molecule has 0 spiro atoms. The average molecular weight is 401 g/mol. The van der Waals surface area contributed by atoms with Crippen molar-refractivity contribution in [2.24, 2.45) is 0 Å². The number of sulfone groups is 1. The Morgan fingerprint density at radius 2 is 1.72 bits per heavy atom. The van der Waals surface area contributed by atoms with Crippen molar-refractivity contribution in [2.45, 2.75) is 11.8 Å². The van der Waals surface area contributed by atoms with Crippen LogP contribution in [0, 0.1) is 6.92 Å². The zero-order valence-electron chi connectivity index (χ0n) is 13.4. The quantitative estimate of drug-likeness (QED) is 0.564. The molecule has 0 aliphatic rings. The summed E-state index contributed by atoms with van der Waals surface area (Å²) in [7, 11) is -3.46. The summed E-state index contributed by atoms with van der Waals surface area (Å²) in [4.78, 5) is 24.3. The molecular formula is C17H14Cl2O5S. The number of esters is 1. The number of hydrogen-bond acceptors (Lipinski definition) is 5. The van der Waals surface area contributed by atoms with E-state index in [0.717, 1.165) is 6.26 Å². The molecule has 0 fully saturated rings. The molecule has 0 saturated heterocycles. The Morgan fingerprint density at radius 3 is 2.32 bits per heavy atom. The summed E-state index contributed by atoms with van der Waals surface area (Å²) in [6, 6.07) is 8.49. The minimum atomic E-state index is -3.46. The highest BCUT2D eigenvalue weighted by atomic mass is 35.5. The van der Waals surface area contributed by atoms with Crippen molar-refractivity contribution in [3.05, 3.63) is 63.1 Å². The second kappa shape index (κ2) is 7.56. The van der Waals surface area contributed by atoms with Crippen LogP contribution < -0.4 is 0 Å². The van der Waals surface area contributed by atoms with E-state index in [1.165, 1.54) is 36.4 Å². The Morgan fingerprint density at radius 1 is 1.04 bits per heavy atom. The third-order valence-corrected chi connectivity index (χ3v) is 5.08. The minimum Gasteiger partial charge on any atom is -0.454 e. The molecule has 0 heterocycles. The molecule has 0 unspecified atom stereocenters. The first-order valence-electron chi connectivity index (χ1n) is 7.05. The predicted octanol–water partition coefficient (Wildman–Crippen LogP) is 3.75. The van der Waals surface area contributed by atoms with Gasteiger partial charge in [-0.1, -0.05) is 29.3 Å². The molecule has 8 heteroatoms. The number of carbonyl (C=O) groups excluding carboxylic acids is 2. The summed E-state index contributed by atoms with van der Waals surface area (Å²) >= 11 is 11.7. The molecule has 2 aromatic rings. The lowest BCUT2D eigenvalue weighted by molar-refractivity contribution is 0.0473. The van der Waals surface area contributed by atoms with Gasteiger partial charge in [0.15, 0.2) is 16.4 Å². The number of aryl methyl sites for hydroxylation is 1. The summed E-state index contributed by atoms with van der Waals surface area (Å²) in [6.45, 7) is 1.11. The molecule has 132 valence electrons. The van der Waals surface area contributed by atoms with Crippen LogP contribution in [0.2, 0.25) is 10.0 Å². The van der Waals surface area contributed by atoms with Gasteiger partial charge < -0.3 is 4.74 Å². The summed E-state index contributed by atoms with van der Waals surface area (Å²) in [5.74, 6) is -1.28. The fourth-order valence-electron chi connectivity index (χ4n) is 2.05. The first-order chi connectivity index (χ1) is 11.6. The van der Waals surface area contributed by atoms with Crippen LogP contribution in [-0.4, -0.2) is 33.0 Å². The van der Waals surface area contributed by atoms with Crippen LogP contribution in [0.25, 0.3) is 0 Å². The van der Waals surface area contributed by atoms with E-state index in [-0.39, 0.29) is 21.0 Å². The predicted molar refractivity (Wildman–Crippen MR) is 95.4 cm³/mol. The van der Waals surface area contributed by atoms with E-state index in [4.69, 9.17) is 27.9 Å². The fourth-order valence-corrected chi connectivity index (χ4v) is 3.21. The lowest BCUT2D eigenvalue weighted by Gasteiger charge is -2.09. The van der Waals surface area contributed by atoms with Crippen molar-refractivity contribution in [3.8, 4) is 0 Å². The molecule has 0 N–H and O–H groups in total. The number of Topliss-reactive ketones (excluding diaryl/α,β-unsaturated/α-hetero) is 1. The van der Waals surface area contributed by atoms with Crippen molar-refractivity contribution in [1.82, 2.24) is 0 Å². The van der Waals surface area contributed by atoms with E-state index in [9.17, 15) is 18.0 Å². The van der Waals surface area contributed by atoms with Crippen LogP contribution >= 0.6 is 23.2 Å². The number of hydrogen-bond donors (Lipinski definition) is 0. The van der Waals surface area contributed by atoms with Crippen molar-refractivity contribution in [3.63, 3.8) is 0 Å². The second-order valence-electron chi connectivity index (χ2n) is 5.37. The standard InChI is InChI=1S/C17H14Cl2O5S/c1-10-3-5-12(25(2,22)23)8-14(10)17(21)24-9-16(20)13-6-4-11(18)7-15(13)19/h3-8H,9H2,1-2H3. The zero-order chi connectivity index (χ0) is 18.8. The molecule has 0 aromatic heterocycles. The molecule has 0 aliphatic carbocycles. The molecular weight excluding hydrogens is 387 g/mol. The fraction of sp³-hybridized carbons (Fsp3) is 0.176. The Kier molecular flexibility index (Phi) is 5.87. The third-order valence-electron chi connectivity index (χ3n) is 3.42. The Labute approximate surface area is 155 Å². The molecule has 2 rings (SSSR count). The summed E-state index contributed by atoms with van der Waals surface area (Å²) in [5, 5.41) is 0.538. The first kappa shape index (κ1) is 19.4. The van der Waals surface area contributed by atoms with Crippen LogP contribution in [0.5, 0.6) is 0 Å². The van der Waals surface area contributed by atoms with Crippen LogP contribution in [0.3, 0.4) is 0 Å². The highest BCUT2D eigenvalue weighted by Gasteiger charge is 2.18. The van der Waals surface area contributed by atoms with Crippen molar-refractivity contribution < 1.29 is 22.7 Å². The maximum absolute atomic E-state index is 12.2. The normalized spacial score (nSPS) is 11.2. The maximum Gasteiger partial charge on any atom is 0.338 e. The van der Waals surface area contributed by atoms with Gasteiger partial charge in [0.1, 0.15) is 0 Å². The molecule has 5 nitrogen and oxygen atoms in total. The molecule has 0 aliphatic heterocycles. The van der Waals surface area contributed by atoms with E-state index >= 15 is 0 Å². The Bertz CT molecular complexity index is 952. The molecule has 0 radical (unpaired) electrons. The topological polar surface area (TPSA) is 77.5 Å². The van der Waals surface area contributed by atoms with Gasteiger partial charge in [0.25, 0.3) is 0 Å². The molecule has 25 heavy (non-hydrogen) atoms. The van der Waals surface area contributed by atoms with Crippen LogP contribution in [0.15, 0.2) is 41.3 Å². The lowest BCUT2D eigenvalue weighted by Crippen LogP contribution is -2.16. The van der Waals surface area contributed by atoms with Gasteiger partial charge in [-0.05, 0) is 42.8 Å². The van der Waals surface area contributed by atoms with Gasteiger partial charge in [-0.15, -0.1) is 0 Å². The van der Waals surface area contributed by atoms with E-state index in [1.807, 2.05) is 0 Å². The van der Waals surface area contributed by atoms with Gasteiger partial charge in [-0.3, -0.25) is 4.79 Å². The highest BCUT2D eigenvalue weighted by molar-refractivity contribution is 7.90. The van der Waals surface area contributed by atoms with Gasteiger partial charge in [0, 0.05) is 16.8 Å². The summed E-state index contributed by atoms with van der Waals surface area (Å²) in [6.07, 6.45) is 1.04. The first-order valence-corrected chi connectivity index (χ1v) is 9.70. The van der Waals surface area contributed by atoms with Crippen molar-refractivity contribution in [2.75, 3.05) is 12.9 Å². The molecule has 0 saturated carbocycles. The van der Waals surface area contributed by atoms with E-state index in [1.54, 1.807) is 6.92 Å². The van der Waals surface area contributed by atoms with Crippen LogP contribution in [0.1, 0.15) is 26.3 Å². The molecule has 0 bridgehead atoms. The van der Waals surface area contributed by atoms with E-state index < -0.39 is 28.2 Å².